The van der Waals surface area contributed by atoms with Crippen molar-refractivity contribution in [1.29, 1.82) is 0 Å². The average Bonchev–Trinajstić information content (AvgIpc) is 3.08. The number of nitrogens with zero attached hydrogens (tertiary/aromatic N) is 1. The zero-order chi connectivity index (χ0) is 30.6. The highest BCUT2D eigenvalue weighted by atomic mass is 31.2. The topological polar surface area (TPSA) is 187 Å². The highest BCUT2D eigenvalue weighted by Crippen LogP contribution is 2.47. The summed E-state index contributed by atoms with van der Waals surface area (Å²) in [7, 11) is -4.68. The Hall–Kier alpha value is -2.56. The molecule has 1 aliphatic heterocycles. The van der Waals surface area contributed by atoms with E-state index < -0.39 is 92.3 Å². The minimum atomic E-state index is -4.68. The van der Waals surface area contributed by atoms with Crippen molar-refractivity contribution in [1.82, 2.24) is 19.7 Å². The molecule has 1 aromatic rings. The van der Waals surface area contributed by atoms with E-state index in [0.29, 0.717) is 4.57 Å². The molecule has 228 valence electrons. The van der Waals surface area contributed by atoms with E-state index in [-0.39, 0.29) is 0 Å². The van der Waals surface area contributed by atoms with Gasteiger partial charge in [-0.25, -0.2) is 28.1 Å². The van der Waals surface area contributed by atoms with E-state index in [1.807, 2.05) is 4.98 Å². The molecule has 1 fully saturated rings. The fraction of sp³-hybridized carbons (Fsp3) is 0.727. The van der Waals surface area contributed by atoms with Gasteiger partial charge in [-0.3, -0.25) is 28.5 Å². The molecule has 1 aromatic heterocycles. The number of carbonyl (C=O) groups is 2. The number of nitrogens with one attached hydrogen (secondary N) is 3. The van der Waals surface area contributed by atoms with Crippen molar-refractivity contribution < 1.29 is 51.2 Å². The average molecular weight is 603 g/mol. The van der Waals surface area contributed by atoms with Crippen LogP contribution in [0.15, 0.2) is 21.9 Å². The first-order valence-electron chi connectivity index (χ1n) is 12.2. The fourth-order valence-electron chi connectivity index (χ4n) is 3.57. The summed E-state index contributed by atoms with van der Waals surface area (Å²) in [6, 6.07) is -1.93. The third-order valence-corrected chi connectivity index (χ3v) is 7.47. The number of halogens is 3. The van der Waals surface area contributed by atoms with Crippen LogP contribution in [-0.4, -0.2) is 81.8 Å². The Kier molecular flexibility index (Phi) is 11.3. The molecule has 0 radical (unpaired) electrons. The molecule has 18 heteroatoms. The van der Waals surface area contributed by atoms with E-state index in [1.165, 1.54) is 13.8 Å². The number of alkyl halides is 3. The lowest BCUT2D eigenvalue weighted by molar-refractivity contribution is -0.192. The molecule has 1 saturated heterocycles. The predicted molar refractivity (Wildman–Crippen MR) is 132 cm³/mol. The van der Waals surface area contributed by atoms with Gasteiger partial charge in [0.25, 0.3) is 12.0 Å². The zero-order valence-corrected chi connectivity index (χ0v) is 23.5. The molecule has 40 heavy (non-hydrogen) atoms. The van der Waals surface area contributed by atoms with Crippen molar-refractivity contribution in [2.24, 2.45) is 0 Å². The molecule has 0 aromatic carbocycles. The van der Waals surface area contributed by atoms with Gasteiger partial charge in [-0.1, -0.05) is 0 Å². The van der Waals surface area contributed by atoms with Gasteiger partial charge in [-0.2, -0.15) is 0 Å². The van der Waals surface area contributed by atoms with Crippen LogP contribution in [0.25, 0.3) is 0 Å². The molecular weight excluding hydrogens is 568 g/mol. The monoisotopic (exact) mass is 602 g/mol. The molecule has 6 atom stereocenters. The van der Waals surface area contributed by atoms with Crippen LogP contribution in [0, 0.1) is 0 Å². The van der Waals surface area contributed by atoms with Gasteiger partial charge < -0.3 is 23.8 Å². The van der Waals surface area contributed by atoms with Crippen LogP contribution in [0.4, 0.5) is 13.2 Å². The van der Waals surface area contributed by atoms with Crippen LogP contribution < -0.4 is 21.4 Å². The SMILES string of the molecule is CC(C)OC(=O)C(C)NP(=O)(NC(C)C(=O)OC(C)C)OCC1(C(F)F)OC(n2ccc(=O)[nH]c2=O)C(F)C1O. The number of carbonyl (C=O) groups excluding carboxylic acids is 2. The van der Waals surface area contributed by atoms with Crippen LogP contribution in [0.1, 0.15) is 47.8 Å². The maximum atomic E-state index is 15.1. The van der Waals surface area contributed by atoms with E-state index in [2.05, 4.69) is 10.2 Å². The van der Waals surface area contributed by atoms with E-state index in [1.54, 1.807) is 27.7 Å². The minimum absolute atomic E-state index is 0.448. The lowest BCUT2D eigenvalue weighted by Crippen LogP contribution is -2.53. The summed E-state index contributed by atoms with van der Waals surface area (Å²) in [6.45, 7) is 7.18. The summed E-state index contributed by atoms with van der Waals surface area (Å²) in [4.78, 5) is 49.9. The summed E-state index contributed by atoms with van der Waals surface area (Å²) in [5.74, 6) is -1.81. The van der Waals surface area contributed by atoms with Crippen LogP contribution in [0.5, 0.6) is 0 Å². The Morgan fingerprint density at radius 1 is 1.10 bits per heavy atom. The van der Waals surface area contributed by atoms with Gasteiger partial charge in [0.15, 0.2) is 18.0 Å². The van der Waals surface area contributed by atoms with E-state index in [9.17, 15) is 37.6 Å². The highest BCUT2D eigenvalue weighted by Gasteiger charge is 2.62. The number of aromatic nitrogens is 2. The van der Waals surface area contributed by atoms with Gasteiger partial charge in [0.05, 0.1) is 18.8 Å². The van der Waals surface area contributed by atoms with E-state index in [0.717, 1.165) is 12.3 Å². The van der Waals surface area contributed by atoms with Crippen LogP contribution in [0.2, 0.25) is 0 Å². The summed E-state index contributed by atoms with van der Waals surface area (Å²) in [6.07, 6.45) is -11.4. The number of ether oxygens (including phenoxy) is 3. The van der Waals surface area contributed by atoms with Crippen molar-refractivity contribution in [3.63, 3.8) is 0 Å². The number of hydrogen-bond donors (Lipinski definition) is 4. The number of aliphatic hydroxyl groups excluding tert-OH is 1. The second-order valence-electron chi connectivity index (χ2n) is 9.67. The summed E-state index contributed by atoms with van der Waals surface area (Å²) in [5.41, 5.74) is -5.24. The Balaban J connectivity index is 2.39. The first-order chi connectivity index (χ1) is 18.4. The first-order valence-corrected chi connectivity index (χ1v) is 13.9. The van der Waals surface area contributed by atoms with Crippen LogP contribution in [-0.2, 0) is 32.9 Å². The highest BCUT2D eigenvalue weighted by molar-refractivity contribution is 7.54. The van der Waals surface area contributed by atoms with Crippen molar-refractivity contribution in [3.05, 3.63) is 33.1 Å². The fourth-order valence-corrected chi connectivity index (χ4v) is 5.41. The van der Waals surface area contributed by atoms with Gasteiger partial charge in [-0.15, -0.1) is 0 Å². The van der Waals surface area contributed by atoms with Gasteiger partial charge in [-0.05, 0) is 41.5 Å². The van der Waals surface area contributed by atoms with Crippen molar-refractivity contribution in [2.75, 3.05) is 6.61 Å². The first kappa shape index (κ1) is 33.6. The van der Waals surface area contributed by atoms with Gasteiger partial charge in [0.2, 0.25) is 0 Å². The number of hydrogen-bond acceptors (Lipinski definition) is 10. The maximum absolute atomic E-state index is 15.1. The second kappa shape index (κ2) is 13.4. The standard InChI is InChI=1S/C22H34F3N4O10P/c1-10(2)37-18(32)12(5)27-40(35,28-13(6)19(33)38-11(3)4)36-9-22(20(24)25)16(31)15(23)17(39-22)29-8-7-14(30)26-21(29)34/h7-8,10-13,15-17,20,31H,9H2,1-6H3,(H,26,30,34)(H2,27,28,35). The Morgan fingerprint density at radius 3 is 2.02 bits per heavy atom. The Labute approximate surface area is 227 Å². The molecule has 0 aliphatic carbocycles. The molecule has 0 bridgehead atoms. The van der Waals surface area contributed by atoms with Gasteiger partial charge in [0.1, 0.15) is 18.2 Å². The van der Waals surface area contributed by atoms with E-state index in [4.69, 9.17) is 18.7 Å². The molecule has 4 N–H and O–H groups in total. The molecule has 0 spiro atoms. The lowest BCUT2D eigenvalue weighted by Gasteiger charge is -2.33. The molecule has 6 unspecified atom stereocenters. The molecule has 0 saturated carbocycles. The number of aliphatic hydroxyl groups is 1. The number of aromatic amines is 1. The summed E-state index contributed by atoms with van der Waals surface area (Å²) in [5, 5.41) is 15.0. The minimum Gasteiger partial charge on any atom is -0.462 e. The van der Waals surface area contributed by atoms with Crippen molar-refractivity contribution >= 4 is 19.6 Å². The third kappa shape index (κ3) is 8.01. The number of rotatable bonds is 13. The van der Waals surface area contributed by atoms with Crippen molar-refractivity contribution in [2.45, 2.75) is 96.4 Å². The molecule has 1 aliphatic rings. The van der Waals surface area contributed by atoms with Crippen molar-refractivity contribution in [3.8, 4) is 0 Å². The summed E-state index contributed by atoms with van der Waals surface area (Å²) >= 11 is 0. The Morgan fingerprint density at radius 2 is 1.60 bits per heavy atom. The molecule has 2 heterocycles. The Bertz CT molecular complexity index is 1180. The number of H-pyrrole nitrogens is 1. The lowest BCUT2D eigenvalue weighted by atomic mass is 9.97. The zero-order valence-electron chi connectivity index (χ0n) is 22.6. The molecule has 0 amide bonds. The normalized spacial score (nSPS) is 26.1. The van der Waals surface area contributed by atoms with Gasteiger partial charge >= 0.3 is 25.3 Å². The summed E-state index contributed by atoms with van der Waals surface area (Å²) < 4.78 is 78.4. The maximum Gasteiger partial charge on any atom is 0.342 e. The number of esters is 2. The molecular formula is C22H34F3N4O10P. The largest absolute Gasteiger partial charge is 0.462 e. The predicted octanol–water partition coefficient (Wildman–Crippen LogP) is 0.752. The third-order valence-electron chi connectivity index (χ3n) is 5.52. The smallest absolute Gasteiger partial charge is 0.342 e. The molecule has 2 rings (SSSR count). The van der Waals surface area contributed by atoms with Crippen LogP contribution >= 0.6 is 7.67 Å². The quantitative estimate of drug-likeness (QED) is 0.184. The van der Waals surface area contributed by atoms with E-state index >= 15 is 4.39 Å². The van der Waals surface area contributed by atoms with Gasteiger partial charge in [0, 0.05) is 12.3 Å². The second-order valence-corrected chi connectivity index (χ2v) is 11.5. The molecule has 14 nitrogen and oxygen atoms in total. The van der Waals surface area contributed by atoms with Crippen LogP contribution in [0.3, 0.4) is 0 Å².